The van der Waals surface area contributed by atoms with E-state index in [2.05, 4.69) is 15.5 Å². The Morgan fingerprint density at radius 3 is 3.05 bits per heavy atom. The second kappa shape index (κ2) is 6.39. The fourth-order valence-electron chi connectivity index (χ4n) is 2.07. The third-order valence-corrected chi connectivity index (χ3v) is 7.08. The van der Waals surface area contributed by atoms with E-state index in [1.807, 2.05) is 17.5 Å². The lowest BCUT2D eigenvalue weighted by Crippen LogP contribution is -2.20. The van der Waals surface area contributed by atoms with Crippen LogP contribution in [0.5, 0.6) is 0 Å². The third kappa shape index (κ3) is 3.79. The first-order valence-corrected chi connectivity index (χ1v) is 9.92. The van der Waals surface area contributed by atoms with Crippen molar-refractivity contribution in [2.24, 2.45) is 0 Å². The zero-order valence-electron chi connectivity index (χ0n) is 11.2. The van der Waals surface area contributed by atoms with Crippen molar-refractivity contribution in [1.82, 2.24) is 10.2 Å². The van der Waals surface area contributed by atoms with Crippen LogP contribution in [0.1, 0.15) is 17.7 Å². The SMILES string of the molecule is O=S(=O)(CC1CCCO1)c1nnc(NCc2cccs2)s1. The summed E-state index contributed by atoms with van der Waals surface area (Å²) in [5, 5.41) is 13.3. The average Bonchev–Trinajstić information content (AvgIpc) is 3.19. The molecule has 0 spiro atoms. The molecule has 1 N–H and O–H groups in total. The predicted molar refractivity (Wildman–Crippen MR) is 82.6 cm³/mol. The molecule has 2 aromatic heterocycles. The number of hydrogen-bond donors (Lipinski definition) is 1. The molecule has 21 heavy (non-hydrogen) atoms. The van der Waals surface area contributed by atoms with Crippen molar-refractivity contribution in [2.75, 3.05) is 17.7 Å². The maximum absolute atomic E-state index is 12.2. The molecule has 1 aliphatic rings. The van der Waals surface area contributed by atoms with E-state index in [0.29, 0.717) is 18.3 Å². The first-order valence-electron chi connectivity index (χ1n) is 6.57. The minimum Gasteiger partial charge on any atom is -0.377 e. The van der Waals surface area contributed by atoms with Crippen LogP contribution in [0.2, 0.25) is 0 Å². The van der Waals surface area contributed by atoms with Gasteiger partial charge < -0.3 is 10.1 Å². The number of hydrogen-bond acceptors (Lipinski definition) is 8. The molecule has 3 rings (SSSR count). The van der Waals surface area contributed by atoms with Crippen LogP contribution in [0.4, 0.5) is 5.13 Å². The van der Waals surface area contributed by atoms with Crippen molar-refractivity contribution in [3.63, 3.8) is 0 Å². The standard InChI is InChI=1S/C12H15N3O3S3/c16-21(17,8-9-3-1-5-18-9)12-15-14-11(20-12)13-7-10-4-2-6-19-10/h2,4,6,9H,1,3,5,7-8H2,(H,13,14). The van der Waals surface area contributed by atoms with Gasteiger partial charge in [0, 0.05) is 11.5 Å². The van der Waals surface area contributed by atoms with Crippen LogP contribution in [0, 0.1) is 0 Å². The van der Waals surface area contributed by atoms with Crippen LogP contribution < -0.4 is 5.32 Å². The van der Waals surface area contributed by atoms with Crippen LogP contribution in [-0.2, 0) is 21.1 Å². The van der Waals surface area contributed by atoms with Crippen molar-refractivity contribution in [2.45, 2.75) is 29.8 Å². The van der Waals surface area contributed by atoms with Gasteiger partial charge in [-0.3, -0.25) is 0 Å². The number of sulfone groups is 1. The van der Waals surface area contributed by atoms with Crippen molar-refractivity contribution in [3.8, 4) is 0 Å². The minimum atomic E-state index is -3.41. The van der Waals surface area contributed by atoms with Crippen molar-refractivity contribution in [1.29, 1.82) is 0 Å². The molecule has 1 fully saturated rings. The zero-order valence-corrected chi connectivity index (χ0v) is 13.6. The number of nitrogens with one attached hydrogen (secondary N) is 1. The quantitative estimate of drug-likeness (QED) is 0.864. The molecular formula is C12H15N3O3S3. The molecule has 9 heteroatoms. The van der Waals surface area contributed by atoms with E-state index >= 15 is 0 Å². The van der Waals surface area contributed by atoms with E-state index < -0.39 is 9.84 Å². The molecule has 0 amide bonds. The van der Waals surface area contributed by atoms with Crippen molar-refractivity contribution < 1.29 is 13.2 Å². The van der Waals surface area contributed by atoms with Gasteiger partial charge in [-0.2, -0.15) is 0 Å². The zero-order chi connectivity index (χ0) is 14.7. The van der Waals surface area contributed by atoms with E-state index in [1.54, 1.807) is 11.3 Å². The summed E-state index contributed by atoms with van der Waals surface area (Å²) in [6.45, 7) is 1.27. The van der Waals surface area contributed by atoms with Gasteiger partial charge in [-0.1, -0.05) is 17.4 Å². The molecule has 0 aromatic carbocycles. The largest absolute Gasteiger partial charge is 0.377 e. The predicted octanol–water partition coefficient (Wildman–Crippen LogP) is 2.16. The normalized spacial score (nSPS) is 19.0. The summed E-state index contributed by atoms with van der Waals surface area (Å²) in [5.74, 6) is -0.00738. The maximum atomic E-state index is 12.2. The monoisotopic (exact) mass is 345 g/mol. The molecule has 114 valence electrons. The van der Waals surface area contributed by atoms with Gasteiger partial charge in [-0.25, -0.2) is 8.42 Å². The van der Waals surface area contributed by atoms with Crippen LogP contribution in [0.3, 0.4) is 0 Å². The summed E-state index contributed by atoms with van der Waals surface area (Å²) in [4.78, 5) is 1.16. The van der Waals surface area contributed by atoms with Gasteiger partial charge in [-0.15, -0.1) is 21.5 Å². The lowest BCUT2D eigenvalue weighted by Gasteiger charge is -2.07. The molecule has 6 nitrogen and oxygen atoms in total. The lowest BCUT2D eigenvalue weighted by atomic mass is 10.3. The highest BCUT2D eigenvalue weighted by atomic mass is 32.2. The van der Waals surface area contributed by atoms with E-state index in [4.69, 9.17) is 4.74 Å². The smallest absolute Gasteiger partial charge is 0.234 e. The lowest BCUT2D eigenvalue weighted by molar-refractivity contribution is 0.127. The second-order valence-corrected chi connectivity index (χ2v) is 8.94. The fourth-order valence-corrected chi connectivity index (χ4v) is 5.20. The Bertz CT molecular complexity index is 676. The van der Waals surface area contributed by atoms with Crippen LogP contribution >= 0.6 is 22.7 Å². The Labute approximate surface area is 131 Å². The summed E-state index contributed by atoms with van der Waals surface area (Å²) < 4.78 is 29.9. The molecule has 0 radical (unpaired) electrons. The fraction of sp³-hybridized carbons (Fsp3) is 0.500. The summed E-state index contributed by atoms with van der Waals surface area (Å²) in [5.41, 5.74) is 0. The molecule has 0 saturated carbocycles. The Morgan fingerprint density at radius 2 is 2.33 bits per heavy atom. The van der Waals surface area contributed by atoms with Gasteiger partial charge in [-0.05, 0) is 24.3 Å². The highest BCUT2D eigenvalue weighted by Crippen LogP contribution is 2.24. The number of aromatic nitrogens is 2. The highest BCUT2D eigenvalue weighted by Gasteiger charge is 2.27. The van der Waals surface area contributed by atoms with Crippen LogP contribution in [-0.4, -0.2) is 37.1 Å². The van der Waals surface area contributed by atoms with Gasteiger partial charge in [0.1, 0.15) is 0 Å². The number of ether oxygens (including phenoxy) is 1. The molecule has 1 aliphatic heterocycles. The molecule has 1 saturated heterocycles. The van der Waals surface area contributed by atoms with Gasteiger partial charge in [0.05, 0.1) is 18.4 Å². The molecule has 1 atom stereocenters. The van der Waals surface area contributed by atoms with Gasteiger partial charge in [0.15, 0.2) is 0 Å². The Morgan fingerprint density at radius 1 is 1.43 bits per heavy atom. The Kier molecular flexibility index (Phi) is 4.53. The second-order valence-electron chi connectivity index (χ2n) is 4.72. The van der Waals surface area contributed by atoms with E-state index in [-0.39, 0.29) is 16.2 Å². The molecule has 0 aliphatic carbocycles. The third-order valence-electron chi connectivity index (χ3n) is 3.10. The first-order chi connectivity index (χ1) is 10.1. The number of nitrogens with zero attached hydrogens (tertiary/aromatic N) is 2. The van der Waals surface area contributed by atoms with E-state index in [9.17, 15) is 8.42 Å². The minimum absolute atomic E-state index is 0.00738. The molecule has 0 bridgehead atoms. The number of rotatable bonds is 6. The summed E-state index contributed by atoms with van der Waals surface area (Å²) >= 11 is 2.71. The van der Waals surface area contributed by atoms with Gasteiger partial charge >= 0.3 is 0 Å². The van der Waals surface area contributed by atoms with Crippen LogP contribution in [0.25, 0.3) is 0 Å². The number of anilines is 1. The molecular weight excluding hydrogens is 330 g/mol. The van der Waals surface area contributed by atoms with Crippen molar-refractivity contribution in [3.05, 3.63) is 22.4 Å². The first kappa shape index (κ1) is 14.9. The molecule has 2 aromatic rings. The summed E-state index contributed by atoms with van der Waals surface area (Å²) in [6, 6.07) is 3.98. The molecule has 3 heterocycles. The number of thiophene rings is 1. The van der Waals surface area contributed by atoms with Gasteiger partial charge in [0.25, 0.3) is 0 Å². The van der Waals surface area contributed by atoms with Crippen LogP contribution in [0.15, 0.2) is 21.9 Å². The summed E-state index contributed by atoms with van der Waals surface area (Å²) in [6.07, 6.45) is 1.51. The summed E-state index contributed by atoms with van der Waals surface area (Å²) in [7, 11) is -3.41. The van der Waals surface area contributed by atoms with E-state index in [1.165, 1.54) is 0 Å². The maximum Gasteiger partial charge on any atom is 0.234 e. The topological polar surface area (TPSA) is 81.2 Å². The average molecular weight is 345 g/mol. The highest BCUT2D eigenvalue weighted by molar-refractivity contribution is 7.93. The van der Waals surface area contributed by atoms with E-state index in [0.717, 1.165) is 29.1 Å². The van der Waals surface area contributed by atoms with Gasteiger partial charge in [0.2, 0.25) is 19.3 Å². The molecule has 1 unspecified atom stereocenters. The Hall–Kier alpha value is -1.03. The Balaban J connectivity index is 1.63. The van der Waals surface area contributed by atoms with Crippen molar-refractivity contribution >= 4 is 37.6 Å².